The minimum atomic E-state index is -0.117. The number of pyridine rings is 1. The number of hydrogen-bond donors (Lipinski definition) is 0. The van der Waals surface area contributed by atoms with Crippen LogP contribution in [0.3, 0.4) is 0 Å². The summed E-state index contributed by atoms with van der Waals surface area (Å²) in [6, 6.07) is 4.37. The van der Waals surface area contributed by atoms with E-state index >= 15 is 0 Å². The highest BCUT2D eigenvalue weighted by molar-refractivity contribution is 5.68. The van der Waals surface area contributed by atoms with Crippen molar-refractivity contribution in [3.8, 4) is 0 Å². The quantitative estimate of drug-likeness (QED) is 0.593. The van der Waals surface area contributed by atoms with Gasteiger partial charge in [0, 0.05) is 17.8 Å². The van der Waals surface area contributed by atoms with Crippen LogP contribution >= 0.6 is 0 Å². The molecular formula is C15H21NO2. The van der Waals surface area contributed by atoms with Gasteiger partial charge in [0.15, 0.2) is 0 Å². The van der Waals surface area contributed by atoms with Crippen LogP contribution in [0.1, 0.15) is 49.1 Å². The molecule has 0 aliphatic heterocycles. The predicted octanol–water partition coefficient (Wildman–Crippen LogP) is 2.85. The molecule has 0 fully saturated rings. The first-order chi connectivity index (χ1) is 8.79. The first-order valence-electron chi connectivity index (χ1n) is 6.84. The van der Waals surface area contributed by atoms with Crippen LogP contribution in [0, 0.1) is 0 Å². The summed E-state index contributed by atoms with van der Waals surface area (Å²) in [5, 5.41) is 0. The Hall–Kier alpha value is -1.38. The van der Waals surface area contributed by atoms with Gasteiger partial charge in [0.05, 0.1) is 7.11 Å². The highest BCUT2D eigenvalue weighted by Gasteiger charge is 2.10. The van der Waals surface area contributed by atoms with E-state index in [1.54, 1.807) is 0 Å². The number of esters is 1. The lowest BCUT2D eigenvalue weighted by molar-refractivity contribution is -0.140. The van der Waals surface area contributed by atoms with Gasteiger partial charge >= 0.3 is 5.97 Å². The van der Waals surface area contributed by atoms with Crippen molar-refractivity contribution in [2.45, 2.75) is 51.4 Å². The fourth-order valence-electron chi connectivity index (χ4n) is 2.44. The van der Waals surface area contributed by atoms with Crippen molar-refractivity contribution in [3.63, 3.8) is 0 Å². The summed E-state index contributed by atoms with van der Waals surface area (Å²) < 4.78 is 4.62. The Labute approximate surface area is 109 Å². The minimum Gasteiger partial charge on any atom is -0.469 e. The van der Waals surface area contributed by atoms with Gasteiger partial charge in [-0.15, -0.1) is 0 Å². The van der Waals surface area contributed by atoms with E-state index in [1.165, 1.54) is 43.3 Å². The molecule has 1 aliphatic rings. The zero-order chi connectivity index (χ0) is 12.8. The summed E-state index contributed by atoms with van der Waals surface area (Å²) in [5.74, 6) is -0.117. The molecule has 0 N–H and O–H groups in total. The van der Waals surface area contributed by atoms with E-state index in [4.69, 9.17) is 4.98 Å². The molecule has 2 rings (SSSR count). The highest BCUT2D eigenvalue weighted by atomic mass is 16.5. The average molecular weight is 247 g/mol. The van der Waals surface area contributed by atoms with Gasteiger partial charge < -0.3 is 4.74 Å². The standard InChI is InChI=1S/C15H21NO2/c1-18-15(17)9-5-3-7-13-11-10-12-6-2-4-8-14(12)16-13/h10-11H,2-9H2,1H3. The summed E-state index contributed by atoms with van der Waals surface area (Å²) in [7, 11) is 1.44. The Morgan fingerprint density at radius 1 is 1.28 bits per heavy atom. The van der Waals surface area contributed by atoms with E-state index < -0.39 is 0 Å². The average Bonchev–Trinajstić information content (AvgIpc) is 2.43. The van der Waals surface area contributed by atoms with Gasteiger partial charge in [0.1, 0.15) is 0 Å². The monoisotopic (exact) mass is 247 g/mol. The molecule has 0 saturated carbocycles. The maximum Gasteiger partial charge on any atom is 0.305 e. The number of aryl methyl sites for hydroxylation is 3. The molecule has 3 heteroatoms. The third kappa shape index (κ3) is 3.56. The van der Waals surface area contributed by atoms with E-state index in [0.29, 0.717) is 6.42 Å². The first kappa shape index (κ1) is 13.1. The minimum absolute atomic E-state index is 0.117. The van der Waals surface area contributed by atoms with Gasteiger partial charge in [0.25, 0.3) is 0 Å². The maximum absolute atomic E-state index is 11.0. The number of hydrogen-bond acceptors (Lipinski definition) is 3. The lowest BCUT2D eigenvalue weighted by atomic mass is 9.95. The van der Waals surface area contributed by atoms with Gasteiger partial charge in [0.2, 0.25) is 0 Å². The second kappa shape index (κ2) is 6.53. The zero-order valence-electron chi connectivity index (χ0n) is 11.1. The molecule has 3 nitrogen and oxygen atoms in total. The second-order valence-corrected chi connectivity index (χ2v) is 4.90. The Morgan fingerprint density at radius 3 is 2.94 bits per heavy atom. The molecule has 0 atom stereocenters. The lowest BCUT2D eigenvalue weighted by Crippen LogP contribution is -2.07. The molecule has 0 spiro atoms. The third-order valence-electron chi connectivity index (χ3n) is 3.53. The van der Waals surface area contributed by atoms with Crippen molar-refractivity contribution in [3.05, 3.63) is 29.1 Å². The maximum atomic E-state index is 11.0. The van der Waals surface area contributed by atoms with Crippen molar-refractivity contribution in [1.82, 2.24) is 4.98 Å². The number of nitrogens with zero attached hydrogens (tertiary/aromatic N) is 1. The van der Waals surface area contributed by atoms with E-state index in [1.807, 2.05) is 0 Å². The largest absolute Gasteiger partial charge is 0.469 e. The van der Waals surface area contributed by atoms with E-state index in [-0.39, 0.29) is 5.97 Å². The van der Waals surface area contributed by atoms with Crippen molar-refractivity contribution in [2.75, 3.05) is 7.11 Å². The van der Waals surface area contributed by atoms with Crippen molar-refractivity contribution >= 4 is 5.97 Å². The summed E-state index contributed by atoms with van der Waals surface area (Å²) in [6.45, 7) is 0. The van der Waals surface area contributed by atoms with Crippen LogP contribution < -0.4 is 0 Å². The molecule has 1 aromatic rings. The molecule has 1 aliphatic carbocycles. The second-order valence-electron chi connectivity index (χ2n) is 4.90. The number of aromatic nitrogens is 1. The number of rotatable bonds is 5. The highest BCUT2D eigenvalue weighted by Crippen LogP contribution is 2.20. The topological polar surface area (TPSA) is 39.2 Å². The van der Waals surface area contributed by atoms with Gasteiger partial charge in [-0.3, -0.25) is 9.78 Å². The van der Waals surface area contributed by atoms with E-state index in [0.717, 1.165) is 25.7 Å². The smallest absolute Gasteiger partial charge is 0.305 e. The number of carbonyl (C=O) groups is 1. The van der Waals surface area contributed by atoms with Crippen molar-refractivity contribution in [1.29, 1.82) is 0 Å². The molecule has 0 unspecified atom stereocenters. The molecule has 18 heavy (non-hydrogen) atoms. The van der Waals surface area contributed by atoms with Crippen LogP contribution in [0.5, 0.6) is 0 Å². The van der Waals surface area contributed by atoms with Crippen LogP contribution in [0.4, 0.5) is 0 Å². The molecule has 0 amide bonds. The third-order valence-corrected chi connectivity index (χ3v) is 3.53. The van der Waals surface area contributed by atoms with Gasteiger partial charge in [-0.25, -0.2) is 0 Å². The fraction of sp³-hybridized carbons (Fsp3) is 0.600. The molecule has 1 aromatic heterocycles. The normalized spacial score (nSPS) is 14.1. The van der Waals surface area contributed by atoms with Crippen LogP contribution in [-0.4, -0.2) is 18.1 Å². The molecule has 0 radical (unpaired) electrons. The Balaban J connectivity index is 1.81. The summed E-state index contributed by atoms with van der Waals surface area (Å²) >= 11 is 0. The Bertz CT molecular complexity index is 415. The van der Waals surface area contributed by atoms with E-state index in [2.05, 4.69) is 16.9 Å². The zero-order valence-corrected chi connectivity index (χ0v) is 11.1. The number of carbonyl (C=O) groups excluding carboxylic acids is 1. The molecule has 1 heterocycles. The van der Waals surface area contributed by atoms with Crippen LogP contribution in [-0.2, 0) is 28.8 Å². The van der Waals surface area contributed by atoms with Gasteiger partial charge in [-0.2, -0.15) is 0 Å². The van der Waals surface area contributed by atoms with Gasteiger partial charge in [-0.1, -0.05) is 6.07 Å². The molecule has 0 aromatic carbocycles. The Kier molecular flexibility index (Phi) is 4.73. The fourth-order valence-corrected chi connectivity index (χ4v) is 2.44. The SMILES string of the molecule is COC(=O)CCCCc1ccc2c(n1)CCCC2. The van der Waals surface area contributed by atoms with E-state index in [9.17, 15) is 4.79 Å². The van der Waals surface area contributed by atoms with Crippen LogP contribution in [0.15, 0.2) is 12.1 Å². The lowest BCUT2D eigenvalue weighted by Gasteiger charge is -2.15. The molecule has 0 bridgehead atoms. The van der Waals surface area contributed by atoms with Gasteiger partial charge in [-0.05, 0) is 56.6 Å². The summed E-state index contributed by atoms with van der Waals surface area (Å²) in [5.41, 5.74) is 3.90. The van der Waals surface area contributed by atoms with Crippen molar-refractivity contribution in [2.24, 2.45) is 0 Å². The predicted molar refractivity (Wildman–Crippen MR) is 70.5 cm³/mol. The molecule has 0 saturated heterocycles. The van der Waals surface area contributed by atoms with Crippen LogP contribution in [0.2, 0.25) is 0 Å². The Morgan fingerprint density at radius 2 is 2.11 bits per heavy atom. The summed E-state index contributed by atoms with van der Waals surface area (Å²) in [6.07, 6.45) is 8.24. The number of ether oxygens (including phenoxy) is 1. The number of unbranched alkanes of at least 4 members (excludes halogenated alkanes) is 1. The van der Waals surface area contributed by atoms with Crippen LogP contribution in [0.25, 0.3) is 0 Å². The summed E-state index contributed by atoms with van der Waals surface area (Å²) in [4.78, 5) is 15.7. The molecule has 98 valence electrons. The first-order valence-corrected chi connectivity index (χ1v) is 6.84. The number of methoxy groups -OCH3 is 1. The molecular weight excluding hydrogens is 226 g/mol. The number of fused-ring (bicyclic) bond motifs is 1. The van der Waals surface area contributed by atoms with Crippen molar-refractivity contribution < 1.29 is 9.53 Å².